The van der Waals surface area contributed by atoms with E-state index in [-0.39, 0.29) is 0 Å². The standard InChI is InChI=1S/C53H34ClN3O/c1-33-14-10-19-36(32-33)57(47-26-11-21-40-37-20-8-9-27-48(37)58-53(40)47)44-25-13-24-43-52(44)50-39-29-30-45-49(38(39)28-31-46(50)56(43)35-17-6-3-7-18-35)51-41(54)22-12-23-42(51)55(45)34-15-4-2-5-16-34/h2-32H,1H3. The van der Waals surface area contributed by atoms with Gasteiger partial charge in [-0.15, -0.1) is 0 Å². The predicted octanol–water partition coefficient (Wildman–Crippen LogP) is 15.4. The molecule has 58 heavy (non-hydrogen) atoms. The van der Waals surface area contributed by atoms with E-state index in [0.29, 0.717) is 0 Å². The predicted molar refractivity (Wildman–Crippen MR) is 244 cm³/mol. The third-order valence-corrected chi connectivity index (χ3v) is 12.1. The van der Waals surface area contributed by atoms with E-state index in [9.17, 15) is 0 Å². The van der Waals surface area contributed by atoms with Gasteiger partial charge in [-0.3, -0.25) is 0 Å². The van der Waals surface area contributed by atoms with E-state index in [4.69, 9.17) is 16.0 Å². The van der Waals surface area contributed by atoms with Crippen molar-refractivity contribution in [3.63, 3.8) is 0 Å². The number of benzene rings is 9. The van der Waals surface area contributed by atoms with Crippen molar-refractivity contribution in [3.05, 3.63) is 199 Å². The quantitative estimate of drug-likeness (QED) is 0.174. The number of hydrogen-bond acceptors (Lipinski definition) is 2. The van der Waals surface area contributed by atoms with Crippen LogP contribution >= 0.6 is 11.6 Å². The lowest BCUT2D eigenvalue weighted by Crippen LogP contribution is -2.11. The molecule has 0 saturated carbocycles. The molecule has 3 heterocycles. The molecule has 3 aromatic heterocycles. The average molecular weight is 764 g/mol. The van der Waals surface area contributed by atoms with E-state index < -0.39 is 0 Å². The molecule has 0 fully saturated rings. The highest BCUT2D eigenvalue weighted by Gasteiger charge is 2.26. The van der Waals surface area contributed by atoms with Gasteiger partial charge < -0.3 is 18.5 Å². The lowest BCUT2D eigenvalue weighted by atomic mass is 9.98. The second kappa shape index (κ2) is 12.6. The van der Waals surface area contributed by atoms with Gasteiger partial charge in [-0.05, 0) is 108 Å². The Bertz CT molecular complexity index is 3600. The Kier molecular flexibility index (Phi) is 7.16. The summed E-state index contributed by atoms with van der Waals surface area (Å²) in [5.74, 6) is 0. The monoisotopic (exact) mass is 763 g/mol. The van der Waals surface area contributed by atoms with Crippen LogP contribution < -0.4 is 4.90 Å². The van der Waals surface area contributed by atoms with Gasteiger partial charge in [0.1, 0.15) is 5.58 Å². The topological polar surface area (TPSA) is 26.2 Å². The van der Waals surface area contributed by atoms with Gasteiger partial charge in [-0.2, -0.15) is 0 Å². The number of anilines is 3. The summed E-state index contributed by atoms with van der Waals surface area (Å²) in [6.45, 7) is 2.15. The second-order valence-corrected chi connectivity index (χ2v) is 15.5. The van der Waals surface area contributed by atoms with Crippen LogP contribution in [0.15, 0.2) is 192 Å². The van der Waals surface area contributed by atoms with Gasteiger partial charge in [0.05, 0.1) is 38.5 Å². The SMILES string of the molecule is Cc1cccc(N(c2cccc3c2oc2ccccc23)c2cccc3c2c2c4ccc5c(c4ccc2n3-c2ccccc2)c2c(Cl)cccc2n5-c2ccccc2)c1. The fourth-order valence-corrected chi connectivity index (χ4v) is 9.70. The molecule has 0 aliphatic carbocycles. The van der Waals surface area contributed by atoms with Crippen molar-refractivity contribution in [1.82, 2.24) is 9.13 Å². The number of furan rings is 1. The van der Waals surface area contributed by atoms with Crippen LogP contribution in [0, 0.1) is 6.92 Å². The van der Waals surface area contributed by atoms with Crippen molar-refractivity contribution < 1.29 is 4.42 Å². The van der Waals surface area contributed by atoms with Gasteiger partial charge in [0, 0.05) is 49.4 Å². The van der Waals surface area contributed by atoms with Gasteiger partial charge in [-0.25, -0.2) is 0 Å². The third-order valence-electron chi connectivity index (χ3n) is 11.8. The molecule has 0 aliphatic rings. The van der Waals surface area contributed by atoms with E-state index in [0.717, 1.165) is 104 Å². The van der Waals surface area contributed by atoms with Gasteiger partial charge in [0.15, 0.2) is 5.58 Å². The van der Waals surface area contributed by atoms with Crippen LogP contribution in [0.5, 0.6) is 0 Å². The first-order valence-electron chi connectivity index (χ1n) is 19.6. The molecule has 0 unspecified atom stereocenters. The summed E-state index contributed by atoms with van der Waals surface area (Å²) in [7, 11) is 0. The maximum atomic E-state index is 7.19. The molecule has 0 aliphatic heterocycles. The number of rotatable bonds is 5. The molecular weight excluding hydrogens is 730 g/mol. The maximum Gasteiger partial charge on any atom is 0.159 e. The van der Waals surface area contributed by atoms with Crippen molar-refractivity contribution in [2.45, 2.75) is 6.92 Å². The Morgan fingerprint density at radius 2 is 0.983 bits per heavy atom. The molecule has 0 amide bonds. The highest BCUT2D eigenvalue weighted by molar-refractivity contribution is 6.41. The van der Waals surface area contributed by atoms with E-state index in [1.54, 1.807) is 0 Å². The van der Waals surface area contributed by atoms with Crippen LogP contribution in [-0.2, 0) is 0 Å². The van der Waals surface area contributed by atoms with Gasteiger partial charge in [-0.1, -0.05) is 115 Å². The number of aromatic nitrogens is 2. The first kappa shape index (κ1) is 32.9. The van der Waals surface area contributed by atoms with Crippen molar-refractivity contribution >= 4 is 105 Å². The first-order chi connectivity index (χ1) is 28.6. The minimum atomic E-state index is 0.738. The highest BCUT2D eigenvalue weighted by Crippen LogP contribution is 2.50. The normalized spacial score (nSPS) is 12.0. The summed E-state index contributed by atoms with van der Waals surface area (Å²) in [6, 6.07) is 66.9. The summed E-state index contributed by atoms with van der Waals surface area (Å²) < 4.78 is 11.5. The highest BCUT2D eigenvalue weighted by atomic mass is 35.5. The Hall–Kier alpha value is -7.27. The fraction of sp³-hybridized carbons (Fsp3) is 0.0189. The molecule has 0 atom stereocenters. The Balaban J connectivity index is 1.26. The third kappa shape index (κ3) is 4.70. The summed E-state index contributed by atoms with van der Waals surface area (Å²) in [5.41, 5.74) is 12.6. The van der Waals surface area contributed by atoms with Gasteiger partial charge in [0.2, 0.25) is 0 Å². The molecule has 0 radical (unpaired) electrons. The maximum absolute atomic E-state index is 7.19. The number of aryl methyl sites for hydroxylation is 1. The Labute approximate surface area is 338 Å². The van der Waals surface area contributed by atoms with E-state index in [1.165, 1.54) is 10.9 Å². The van der Waals surface area contributed by atoms with E-state index in [2.05, 4.69) is 191 Å². The Morgan fingerprint density at radius 3 is 1.69 bits per heavy atom. The number of hydrogen-bond donors (Lipinski definition) is 0. The lowest BCUT2D eigenvalue weighted by Gasteiger charge is -2.27. The summed E-state index contributed by atoms with van der Waals surface area (Å²) >= 11 is 7.19. The number of para-hydroxylation sites is 4. The van der Waals surface area contributed by atoms with Gasteiger partial charge >= 0.3 is 0 Å². The van der Waals surface area contributed by atoms with Gasteiger partial charge in [0.25, 0.3) is 0 Å². The molecule has 5 heteroatoms. The molecule has 0 N–H and O–H groups in total. The first-order valence-corrected chi connectivity index (χ1v) is 20.0. The number of halogens is 1. The van der Waals surface area contributed by atoms with Crippen LogP contribution in [0.4, 0.5) is 17.1 Å². The van der Waals surface area contributed by atoms with E-state index >= 15 is 0 Å². The van der Waals surface area contributed by atoms with Crippen LogP contribution in [0.25, 0.3) is 87.7 Å². The minimum absolute atomic E-state index is 0.738. The molecule has 12 aromatic rings. The van der Waals surface area contributed by atoms with E-state index in [1.807, 2.05) is 18.2 Å². The van der Waals surface area contributed by atoms with Crippen molar-refractivity contribution in [3.8, 4) is 11.4 Å². The molecule has 274 valence electrons. The smallest absolute Gasteiger partial charge is 0.159 e. The minimum Gasteiger partial charge on any atom is -0.454 e. The second-order valence-electron chi connectivity index (χ2n) is 15.1. The zero-order chi connectivity index (χ0) is 38.5. The van der Waals surface area contributed by atoms with Crippen LogP contribution in [0.2, 0.25) is 5.02 Å². The molecule has 0 bridgehead atoms. The summed E-state index contributed by atoms with van der Waals surface area (Å²) in [5, 5.41) is 9.77. The van der Waals surface area contributed by atoms with Crippen molar-refractivity contribution in [2.75, 3.05) is 4.90 Å². The fourth-order valence-electron chi connectivity index (χ4n) is 9.44. The molecule has 12 rings (SSSR count). The lowest BCUT2D eigenvalue weighted by molar-refractivity contribution is 0.669. The zero-order valence-corrected chi connectivity index (χ0v) is 32.3. The molecule has 0 saturated heterocycles. The largest absolute Gasteiger partial charge is 0.454 e. The summed E-state index contributed by atoms with van der Waals surface area (Å²) in [4.78, 5) is 2.39. The Morgan fingerprint density at radius 1 is 0.431 bits per heavy atom. The van der Waals surface area contributed by atoms with Crippen LogP contribution in [-0.4, -0.2) is 9.13 Å². The molecule has 4 nitrogen and oxygen atoms in total. The average Bonchev–Trinajstić information content (AvgIpc) is 3.94. The summed E-state index contributed by atoms with van der Waals surface area (Å²) in [6.07, 6.45) is 0. The van der Waals surface area contributed by atoms with Crippen molar-refractivity contribution in [1.29, 1.82) is 0 Å². The van der Waals surface area contributed by atoms with Crippen LogP contribution in [0.3, 0.4) is 0 Å². The molecular formula is C53H34ClN3O. The number of fused-ring (bicyclic) bond motifs is 12. The number of nitrogens with zero attached hydrogens (tertiary/aromatic N) is 3. The molecule has 9 aromatic carbocycles. The molecule has 0 spiro atoms. The van der Waals surface area contributed by atoms with Crippen molar-refractivity contribution in [2.24, 2.45) is 0 Å². The zero-order valence-electron chi connectivity index (χ0n) is 31.5. The van der Waals surface area contributed by atoms with Crippen LogP contribution in [0.1, 0.15) is 5.56 Å².